The second-order valence-corrected chi connectivity index (χ2v) is 7.34. The Morgan fingerprint density at radius 2 is 2.04 bits per heavy atom. The van der Waals surface area contributed by atoms with Gasteiger partial charge in [0, 0.05) is 31.2 Å². The quantitative estimate of drug-likeness (QED) is 0.785. The summed E-state index contributed by atoms with van der Waals surface area (Å²) in [6, 6.07) is 2.19. The number of nitrogens with zero attached hydrogens (tertiary/aromatic N) is 5. The van der Waals surface area contributed by atoms with E-state index in [-0.39, 0.29) is 6.04 Å². The molecule has 0 aromatic carbocycles. The highest BCUT2D eigenvalue weighted by Gasteiger charge is 2.37. The molecule has 0 spiro atoms. The van der Waals surface area contributed by atoms with Crippen molar-refractivity contribution >= 4 is 22.4 Å². The zero-order chi connectivity index (χ0) is 17.1. The van der Waals surface area contributed by atoms with Gasteiger partial charge in [-0.25, -0.2) is 4.98 Å². The summed E-state index contributed by atoms with van der Waals surface area (Å²) in [6.45, 7) is 6.32. The normalized spacial score (nSPS) is 17.5. The molecule has 4 heterocycles. The molecule has 7 heteroatoms. The first-order chi connectivity index (χ1) is 12.1. The Labute approximate surface area is 145 Å². The molecule has 2 N–H and O–H groups in total. The molecule has 3 aromatic rings. The van der Waals surface area contributed by atoms with Gasteiger partial charge in [0.25, 0.3) is 0 Å². The van der Waals surface area contributed by atoms with Gasteiger partial charge in [-0.15, -0.1) is 0 Å². The van der Waals surface area contributed by atoms with Crippen molar-refractivity contribution in [3.8, 4) is 11.4 Å². The molecule has 0 atom stereocenters. The molecule has 0 unspecified atom stereocenters. The third kappa shape index (κ3) is 2.14. The van der Waals surface area contributed by atoms with Crippen LogP contribution < -0.4 is 10.6 Å². The summed E-state index contributed by atoms with van der Waals surface area (Å²) in [6.07, 6.45) is 5.30. The van der Waals surface area contributed by atoms with Crippen LogP contribution in [0, 0.1) is 0 Å². The molecule has 3 aromatic heterocycles. The van der Waals surface area contributed by atoms with Crippen molar-refractivity contribution in [3.05, 3.63) is 18.0 Å². The van der Waals surface area contributed by atoms with Crippen LogP contribution in [0.5, 0.6) is 0 Å². The van der Waals surface area contributed by atoms with Gasteiger partial charge in [-0.05, 0) is 39.2 Å². The molecule has 0 radical (unpaired) electrons. The molecule has 0 amide bonds. The van der Waals surface area contributed by atoms with Crippen LogP contribution in [0.4, 0.5) is 11.5 Å². The molecular weight excluding hydrogens is 316 g/mol. The zero-order valence-corrected chi connectivity index (χ0v) is 14.6. The van der Waals surface area contributed by atoms with Crippen LogP contribution in [-0.2, 0) is 0 Å². The number of fused-ring (bicyclic) bond motifs is 1. The molecule has 1 saturated heterocycles. The van der Waals surface area contributed by atoms with E-state index in [4.69, 9.17) is 15.4 Å². The lowest BCUT2D eigenvalue weighted by Crippen LogP contribution is -2.37. The van der Waals surface area contributed by atoms with Crippen molar-refractivity contribution < 1.29 is 4.52 Å². The highest BCUT2D eigenvalue weighted by Crippen LogP contribution is 2.49. The van der Waals surface area contributed by atoms with Crippen LogP contribution in [0.25, 0.3) is 22.3 Å². The predicted molar refractivity (Wildman–Crippen MR) is 96.6 cm³/mol. The summed E-state index contributed by atoms with van der Waals surface area (Å²) in [7, 11) is 0. The number of anilines is 2. The van der Waals surface area contributed by atoms with Crippen LogP contribution in [-0.4, -0.2) is 33.0 Å². The van der Waals surface area contributed by atoms with Crippen molar-refractivity contribution in [2.75, 3.05) is 23.7 Å². The van der Waals surface area contributed by atoms with Crippen LogP contribution in [0.3, 0.4) is 0 Å². The Bertz CT molecular complexity index is 948. The fourth-order valence-corrected chi connectivity index (χ4v) is 3.58. The van der Waals surface area contributed by atoms with Gasteiger partial charge >= 0.3 is 0 Å². The van der Waals surface area contributed by atoms with Crippen molar-refractivity contribution in [1.82, 2.24) is 19.9 Å². The highest BCUT2D eigenvalue weighted by molar-refractivity contribution is 6.01. The molecule has 1 saturated carbocycles. The zero-order valence-electron chi connectivity index (χ0n) is 14.6. The lowest BCUT2D eigenvalue weighted by Gasteiger charge is -2.33. The van der Waals surface area contributed by atoms with Crippen LogP contribution in [0.15, 0.2) is 16.8 Å². The summed E-state index contributed by atoms with van der Waals surface area (Å²) in [4.78, 5) is 6.63. The number of aromatic nitrogens is 4. The van der Waals surface area contributed by atoms with Crippen molar-refractivity contribution in [3.63, 3.8) is 0 Å². The highest BCUT2D eigenvalue weighted by atomic mass is 16.5. The van der Waals surface area contributed by atoms with Gasteiger partial charge in [-0.3, -0.25) is 4.68 Å². The lowest BCUT2D eigenvalue weighted by molar-refractivity contribution is 0.385. The molecular formula is C18H22N6O. The third-order valence-electron chi connectivity index (χ3n) is 5.18. The minimum absolute atomic E-state index is 0.223. The fraction of sp³-hybridized carbons (Fsp3) is 0.500. The first-order valence-electron chi connectivity index (χ1n) is 9.02. The number of pyridine rings is 1. The first-order valence-corrected chi connectivity index (χ1v) is 9.02. The second-order valence-electron chi connectivity index (χ2n) is 7.34. The maximum atomic E-state index is 6.22. The van der Waals surface area contributed by atoms with Gasteiger partial charge in [0.1, 0.15) is 17.2 Å². The van der Waals surface area contributed by atoms with Crippen LogP contribution in [0.2, 0.25) is 0 Å². The Morgan fingerprint density at radius 1 is 1.24 bits per heavy atom. The molecule has 5 rings (SSSR count). The Morgan fingerprint density at radius 3 is 2.68 bits per heavy atom. The smallest absolute Gasteiger partial charge is 0.163 e. The standard InChI is InChI=1S/C18H22N6O/c1-10(2)24-12-6-7-20-18(19)13(12)14(21-24)15-16(23-8-3-9-23)17(25-22-15)11-4-5-11/h6-7,10-11H,3-5,8-9H2,1-2H3,(H2,19,20). The van der Waals surface area contributed by atoms with Gasteiger partial charge in [-0.2, -0.15) is 5.10 Å². The summed E-state index contributed by atoms with van der Waals surface area (Å²) in [5, 5.41) is 10.2. The topological polar surface area (TPSA) is 86.0 Å². The molecule has 1 aliphatic carbocycles. The molecule has 0 bridgehead atoms. The van der Waals surface area contributed by atoms with E-state index in [9.17, 15) is 0 Å². The van der Waals surface area contributed by atoms with E-state index in [0.29, 0.717) is 11.7 Å². The minimum Gasteiger partial charge on any atom is -0.383 e. The molecule has 1 aliphatic heterocycles. The van der Waals surface area contributed by atoms with E-state index in [1.54, 1.807) is 6.20 Å². The predicted octanol–water partition coefficient (Wildman–Crippen LogP) is 3.34. The SMILES string of the molecule is CC(C)n1nc(-c2noc(C3CC3)c2N2CCC2)c2c(N)nccc21. The lowest BCUT2D eigenvalue weighted by atomic mass is 10.1. The Kier molecular flexibility index (Phi) is 3.07. The van der Waals surface area contributed by atoms with Gasteiger partial charge < -0.3 is 15.2 Å². The van der Waals surface area contributed by atoms with Crippen molar-refractivity contribution in [2.24, 2.45) is 0 Å². The van der Waals surface area contributed by atoms with Gasteiger partial charge in [0.2, 0.25) is 0 Å². The van der Waals surface area contributed by atoms with Crippen molar-refractivity contribution in [2.45, 2.75) is 45.1 Å². The summed E-state index contributed by atoms with van der Waals surface area (Å²) in [5.41, 5.74) is 9.92. The van der Waals surface area contributed by atoms with Crippen LogP contribution >= 0.6 is 0 Å². The number of rotatable bonds is 4. The Hall–Kier alpha value is -2.57. The average Bonchev–Trinajstić information content (AvgIpc) is 3.16. The molecule has 25 heavy (non-hydrogen) atoms. The second kappa shape index (κ2) is 5.21. The molecule has 2 fully saturated rings. The van der Waals surface area contributed by atoms with Crippen LogP contribution in [0.1, 0.15) is 50.8 Å². The number of nitrogen functional groups attached to an aromatic ring is 1. The van der Waals surface area contributed by atoms with E-state index in [2.05, 4.69) is 28.9 Å². The summed E-state index contributed by atoms with van der Waals surface area (Å²) >= 11 is 0. The van der Waals surface area contributed by atoms with Crippen molar-refractivity contribution in [1.29, 1.82) is 0 Å². The van der Waals surface area contributed by atoms with E-state index < -0.39 is 0 Å². The summed E-state index contributed by atoms with van der Waals surface area (Å²) in [5.74, 6) is 2.01. The third-order valence-corrected chi connectivity index (χ3v) is 5.18. The molecule has 2 aliphatic rings. The number of hydrogen-bond acceptors (Lipinski definition) is 6. The molecule has 130 valence electrons. The first kappa shape index (κ1) is 14.7. The monoisotopic (exact) mass is 338 g/mol. The average molecular weight is 338 g/mol. The van der Waals surface area contributed by atoms with E-state index in [1.165, 1.54) is 19.3 Å². The van der Waals surface area contributed by atoms with E-state index in [1.807, 2.05) is 10.7 Å². The maximum absolute atomic E-state index is 6.22. The largest absolute Gasteiger partial charge is 0.383 e. The van der Waals surface area contributed by atoms with Gasteiger partial charge in [0.15, 0.2) is 11.5 Å². The maximum Gasteiger partial charge on any atom is 0.163 e. The van der Waals surface area contributed by atoms with E-state index in [0.717, 1.165) is 46.8 Å². The summed E-state index contributed by atoms with van der Waals surface area (Å²) < 4.78 is 7.78. The minimum atomic E-state index is 0.223. The fourth-order valence-electron chi connectivity index (χ4n) is 3.58. The Balaban J connectivity index is 1.77. The van der Waals surface area contributed by atoms with Gasteiger partial charge in [-0.1, -0.05) is 5.16 Å². The number of hydrogen-bond donors (Lipinski definition) is 1. The van der Waals surface area contributed by atoms with Gasteiger partial charge in [0.05, 0.1) is 10.9 Å². The number of nitrogens with two attached hydrogens (primary N) is 1. The molecule has 7 nitrogen and oxygen atoms in total. The van der Waals surface area contributed by atoms with E-state index >= 15 is 0 Å².